The molecule has 1 heterocycles. The van der Waals surface area contributed by atoms with Gasteiger partial charge in [0.25, 0.3) is 0 Å². The van der Waals surface area contributed by atoms with Crippen molar-refractivity contribution in [2.45, 2.75) is 44.7 Å². The van der Waals surface area contributed by atoms with E-state index >= 15 is 0 Å². The van der Waals surface area contributed by atoms with Crippen molar-refractivity contribution in [1.29, 1.82) is 0 Å². The van der Waals surface area contributed by atoms with Gasteiger partial charge in [0.2, 0.25) is 0 Å². The maximum absolute atomic E-state index is 6.33. The first-order chi connectivity index (χ1) is 10.3. The summed E-state index contributed by atoms with van der Waals surface area (Å²) in [4.78, 5) is 0. The monoisotopic (exact) mass is 303 g/mol. The van der Waals surface area contributed by atoms with Crippen molar-refractivity contribution in [3.63, 3.8) is 0 Å². The Morgan fingerprint density at radius 1 is 1.33 bits per heavy atom. The Bertz CT molecular complexity index is 575. The average Bonchev–Trinajstić information content (AvgIpc) is 3.28. The first-order valence-corrected chi connectivity index (χ1v) is 8.14. The van der Waals surface area contributed by atoms with E-state index in [1.54, 1.807) is 6.20 Å². The standard InChI is InChI=1S/C17H22ClN3/c1-2-21-17(16(18)12-20-21)10-14(11-19-15-8-9-15)13-6-4-3-5-7-13/h3-7,12,14-15,19H,2,8-11H2,1H3. The molecule has 1 aliphatic carbocycles. The topological polar surface area (TPSA) is 29.9 Å². The van der Waals surface area contributed by atoms with Crippen molar-refractivity contribution in [2.24, 2.45) is 0 Å². The van der Waals surface area contributed by atoms with E-state index in [0.717, 1.165) is 36.3 Å². The van der Waals surface area contributed by atoms with Gasteiger partial charge in [0.1, 0.15) is 0 Å². The molecule has 1 aromatic carbocycles. The van der Waals surface area contributed by atoms with E-state index in [-0.39, 0.29) is 0 Å². The van der Waals surface area contributed by atoms with Gasteiger partial charge in [-0.2, -0.15) is 5.10 Å². The van der Waals surface area contributed by atoms with Gasteiger partial charge in [0.15, 0.2) is 0 Å². The quantitative estimate of drug-likeness (QED) is 0.846. The molecule has 1 N–H and O–H groups in total. The van der Waals surface area contributed by atoms with E-state index in [4.69, 9.17) is 11.6 Å². The van der Waals surface area contributed by atoms with Crippen LogP contribution in [-0.2, 0) is 13.0 Å². The van der Waals surface area contributed by atoms with E-state index in [1.165, 1.54) is 18.4 Å². The molecular weight excluding hydrogens is 282 g/mol. The number of benzene rings is 1. The molecule has 112 valence electrons. The number of nitrogens with one attached hydrogen (secondary N) is 1. The van der Waals surface area contributed by atoms with Crippen LogP contribution in [0, 0.1) is 0 Å². The summed E-state index contributed by atoms with van der Waals surface area (Å²) < 4.78 is 2.01. The molecule has 3 rings (SSSR count). The summed E-state index contributed by atoms with van der Waals surface area (Å²) in [5.41, 5.74) is 2.51. The second-order valence-corrected chi connectivity index (χ2v) is 6.16. The Hall–Kier alpha value is -1.32. The SMILES string of the molecule is CCn1ncc(Cl)c1CC(CNC1CC1)c1ccccc1. The van der Waals surface area contributed by atoms with Crippen LogP contribution >= 0.6 is 11.6 Å². The molecule has 1 atom stereocenters. The van der Waals surface area contributed by atoms with Gasteiger partial charge in [0.05, 0.1) is 16.9 Å². The Balaban J connectivity index is 1.79. The summed E-state index contributed by atoms with van der Waals surface area (Å²) in [6, 6.07) is 11.4. The highest BCUT2D eigenvalue weighted by Gasteiger charge is 2.23. The van der Waals surface area contributed by atoms with Gasteiger partial charge >= 0.3 is 0 Å². The highest BCUT2D eigenvalue weighted by atomic mass is 35.5. The van der Waals surface area contributed by atoms with Gasteiger partial charge in [0, 0.05) is 25.0 Å². The Kier molecular flexibility index (Phi) is 4.61. The lowest BCUT2D eigenvalue weighted by Crippen LogP contribution is -2.25. The molecule has 3 nitrogen and oxygen atoms in total. The fourth-order valence-corrected chi connectivity index (χ4v) is 2.94. The smallest absolute Gasteiger partial charge is 0.0818 e. The van der Waals surface area contributed by atoms with Gasteiger partial charge in [-0.25, -0.2) is 0 Å². The zero-order valence-corrected chi connectivity index (χ0v) is 13.2. The minimum absolute atomic E-state index is 0.436. The molecular formula is C17H22ClN3. The van der Waals surface area contributed by atoms with Crippen LogP contribution in [0.25, 0.3) is 0 Å². The van der Waals surface area contributed by atoms with Gasteiger partial charge in [-0.15, -0.1) is 0 Å². The molecule has 4 heteroatoms. The van der Waals surface area contributed by atoms with Crippen LogP contribution in [0.2, 0.25) is 5.02 Å². The first kappa shape index (κ1) is 14.6. The summed E-state index contributed by atoms with van der Waals surface area (Å²) in [5.74, 6) is 0.436. The molecule has 2 aromatic rings. The Labute approximate surface area is 131 Å². The molecule has 1 unspecified atom stereocenters. The van der Waals surface area contributed by atoms with Crippen LogP contribution in [-0.4, -0.2) is 22.4 Å². The van der Waals surface area contributed by atoms with Crippen LogP contribution in [0.4, 0.5) is 0 Å². The van der Waals surface area contributed by atoms with Crippen molar-refractivity contribution in [3.8, 4) is 0 Å². The van der Waals surface area contributed by atoms with E-state index in [0.29, 0.717) is 5.92 Å². The van der Waals surface area contributed by atoms with E-state index in [9.17, 15) is 0 Å². The van der Waals surface area contributed by atoms with Crippen LogP contribution in [0.15, 0.2) is 36.5 Å². The summed E-state index contributed by atoms with van der Waals surface area (Å²) in [6.45, 7) is 3.96. The second-order valence-electron chi connectivity index (χ2n) is 5.75. The summed E-state index contributed by atoms with van der Waals surface area (Å²) >= 11 is 6.33. The van der Waals surface area contributed by atoms with Crippen molar-refractivity contribution in [2.75, 3.05) is 6.54 Å². The first-order valence-electron chi connectivity index (χ1n) is 7.76. The van der Waals surface area contributed by atoms with E-state index < -0.39 is 0 Å². The highest BCUT2D eigenvalue weighted by molar-refractivity contribution is 6.31. The van der Waals surface area contributed by atoms with E-state index in [2.05, 4.69) is 47.7 Å². The van der Waals surface area contributed by atoms with Crippen LogP contribution < -0.4 is 5.32 Å². The predicted molar refractivity (Wildman–Crippen MR) is 86.8 cm³/mol. The number of rotatable bonds is 7. The van der Waals surface area contributed by atoms with Crippen molar-refractivity contribution in [3.05, 3.63) is 52.8 Å². The second kappa shape index (κ2) is 6.63. The average molecular weight is 304 g/mol. The molecule has 1 aromatic heterocycles. The third-order valence-corrected chi connectivity index (χ3v) is 4.45. The Morgan fingerprint density at radius 3 is 2.76 bits per heavy atom. The number of aryl methyl sites for hydroxylation is 1. The molecule has 0 radical (unpaired) electrons. The van der Waals surface area contributed by atoms with Crippen LogP contribution in [0.5, 0.6) is 0 Å². The van der Waals surface area contributed by atoms with Gasteiger partial charge in [-0.1, -0.05) is 41.9 Å². The number of aromatic nitrogens is 2. The zero-order chi connectivity index (χ0) is 14.7. The molecule has 21 heavy (non-hydrogen) atoms. The van der Waals surface area contributed by atoms with Gasteiger partial charge < -0.3 is 5.32 Å². The third kappa shape index (κ3) is 3.66. The summed E-state index contributed by atoms with van der Waals surface area (Å²) in [7, 11) is 0. The lowest BCUT2D eigenvalue weighted by Gasteiger charge is -2.19. The predicted octanol–water partition coefficient (Wildman–Crippen LogP) is 3.63. The van der Waals surface area contributed by atoms with Crippen LogP contribution in [0.3, 0.4) is 0 Å². The van der Waals surface area contributed by atoms with Gasteiger partial charge in [-0.05, 0) is 31.7 Å². The normalized spacial score (nSPS) is 16.1. The number of hydrogen-bond donors (Lipinski definition) is 1. The molecule has 0 bridgehead atoms. The minimum atomic E-state index is 0.436. The van der Waals surface area contributed by atoms with Gasteiger partial charge in [-0.3, -0.25) is 4.68 Å². The zero-order valence-electron chi connectivity index (χ0n) is 12.4. The molecule has 0 saturated heterocycles. The summed E-state index contributed by atoms with van der Waals surface area (Å²) in [6.07, 6.45) is 5.32. The molecule has 1 saturated carbocycles. The maximum atomic E-state index is 6.33. The highest BCUT2D eigenvalue weighted by Crippen LogP contribution is 2.26. The fourth-order valence-electron chi connectivity index (χ4n) is 2.73. The molecule has 1 fully saturated rings. The molecule has 1 aliphatic rings. The molecule has 0 aliphatic heterocycles. The maximum Gasteiger partial charge on any atom is 0.0818 e. The molecule has 0 amide bonds. The number of nitrogens with zero attached hydrogens (tertiary/aromatic N) is 2. The number of halogens is 1. The minimum Gasteiger partial charge on any atom is -0.313 e. The van der Waals surface area contributed by atoms with E-state index in [1.807, 2.05) is 4.68 Å². The van der Waals surface area contributed by atoms with Crippen LogP contribution in [0.1, 0.15) is 36.9 Å². The van der Waals surface area contributed by atoms with Crippen molar-refractivity contribution in [1.82, 2.24) is 15.1 Å². The summed E-state index contributed by atoms with van der Waals surface area (Å²) in [5, 5.41) is 8.79. The molecule has 0 spiro atoms. The third-order valence-electron chi connectivity index (χ3n) is 4.14. The fraction of sp³-hybridized carbons (Fsp3) is 0.471. The van der Waals surface area contributed by atoms with Crippen molar-refractivity contribution >= 4 is 11.6 Å². The Morgan fingerprint density at radius 2 is 2.10 bits per heavy atom. The lowest BCUT2D eigenvalue weighted by molar-refractivity contribution is 0.542. The number of hydrogen-bond acceptors (Lipinski definition) is 2. The van der Waals surface area contributed by atoms with Crippen molar-refractivity contribution < 1.29 is 0 Å². The lowest BCUT2D eigenvalue weighted by atomic mass is 9.94. The largest absolute Gasteiger partial charge is 0.313 e.